The Bertz CT molecular complexity index is 771. The molecule has 28 heavy (non-hydrogen) atoms. The SMILES string of the molecule is Cc1cccc(N2CCN(CCCCOc3cnc4c(n3)CCCC4)CC2)c1. The lowest BCUT2D eigenvalue weighted by molar-refractivity contribution is 0.236. The maximum atomic E-state index is 5.85. The highest BCUT2D eigenvalue weighted by Crippen LogP contribution is 2.20. The van der Waals surface area contributed by atoms with Gasteiger partial charge in [0.25, 0.3) is 0 Å². The Labute approximate surface area is 168 Å². The number of unbranched alkanes of at least 4 members (excludes halogenated alkanes) is 1. The number of fused-ring (bicyclic) bond motifs is 1. The molecule has 150 valence electrons. The fourth-order valence-corrected chi connectivity index (χ4v) is 4.17. The first-order valence-electron chi connectivity index (χ1n) is 10.8. The Balaban J connectivity index is 1.13. The number of ether oxygens (including phenoxy) is 1. The molecule has 0 bridgehead atoms. The number of rotatable bonds is 7. The number of aryl methyl sites for hydroxylation is 3. The summed E-state index contributed by atoms with van der Waals surface area (Å²) in [5.74, 6) is 0.701. The minimum absolute atomic E-state index is 0.701. The summed E-state index contributed by atoms with van der Waals surface area (Å²) >= 11 is 0. The molecule has 1 aliphatic carbocycles. The van der Waals surface area contributed by atoms with Gasteiger partial charge in [0.2, 0.25) is 5.88 Å². The molecular formula is C23H32N4O. The van der Waals surface area contributed by atoms with E-state index in [4.69, 9.17) is 4.74 Å². The topological polar surface area (TPSA) is 41.5 Å². The summed E-state index contributed by atoms with van der Waals surface area (Å²) in [4.78, 5) is 14.2. The summed E-state index contributed by atoms with van der Waals surface area (Å²) in [7, 11) is 0. The lowest BCUT2D eigenvalue weighted by Crippen LogP contribution is -2.46. The Kier molecular flexibility index (Phi) is 6.42. The summed E-state index contributed by atoms with van der Waals surface area (Å²) in [6.07, 6.45) is 8.62. The van der Waals surface area contributed by atoms with Crippen LogP contribution in [0.25, 0.3) is 0 Å². The standard InChI is InChI=1S/C23H32N4O/c1-19-7-6-8-20(17-19)27-14-12-26(13-15-27)11-4-5-16-28-23-18-24-21-9-2-3-10-22(21)25-23/h6-8,17-18H,2-5,9-16H2,1H3. The van der Waals surface area contributed by atoms with E-state index in [9.17, 15) is 0 Å². The second-order valence-corrected chi connectivity index (χ2v) is 8.03. The number of aromatic nitrogens is 2. The van der Waals surface area contributed by atoms with Crippen LogP contribution in [0.15, 0.2) is 30.5 Å². The van der Waals surface area contributed by atoms with Crippen molar-refractivity contribution in [2.75, 3.05) is 44.2 Å². The minimum atomic E-state index is 0.701. The predicted octanol–water partition coefficient (Wildman–Crippen LogP) is 3.65. The number of hydrogen-bond donors (Lipinski definition) is 0. The smallest absolute Gasteiger partial charge is 0.232 e. The quantitative estimate of drug-likeness (QED) is 0.686. The van der Waals surface area contributed by atoms with Crippen LogP contribution in [-0.2, 0) is 12.8 Å². The van der Waals surface area contributed by atoms with Gasteiger partial charge in [-0.25, -0.2) is 4.98 Å². The van der Waals surface area contributed by atoms with Gasteiger partial charge in [-0.05, 0) is 69.7 Å². The van der Waals surface area contributed by atoms with E-state index in [0.717, 1.165) is 64.3 Å². The van der Waals surface area contributed by atoms with Gasteiger partial charge < -0.3 is 9.64 Å². The second kappa shape index (κ2) is 9.37. The fraction of sp³-hybridized carbons (Fsp3) is 0.565. The van der Waals surface area contributed by atoms with Gasteiger partial charge in [0.1, 0.15) is 0 Å². The summed E-state index contributed by atoms with van der Waals surface area (Å²) in [6.45, 7) is 8.57. The molecule has 0 amide bonds. The summed E-state index contributed by atoms with van der Waals surface area (Å²) < 4.78 is 5.85. The van der Waals surface area contributed by atoms with E-state index in [0.29, 0.717) is 5.88 Å². The van der Waals surface area contributed by atoms with Gasteiger partial charge in [0.15, 0.2) is 0 Å². The van der Waals surface area contributed by atoms with Crippen LogP contribution in [0.4, 0.5) is 5.69 Å². The van der Waals surface area contributed by atoms with Crippen LogP contribution in [0, 0.1) is 6.92 Å². The highest BCUT2D eigenvalue weighted by atomic mass is 16.5. The Morgan fingerprint density at radius 2 is 1.82 bits per heavy atom. The molecule has 2 aromatic rings. The van der Waals surface area contributed by atoms with Gasteiger partial charge in [-0.1, -0.05) is 12.1 Å². The van der Waals surface area contributed by atoms with Gasteiger partial charge in [-0.15, -0.1) is 0 Å². The van der Waals surface area contributed by atoms with E-state index in [1.54, 1.807) is 6.20 Å². The van der Waals surface area contributed by atoms with Crippen LogP contribution in [-0.4, -0.2) is 54.2 Å². The second-order valence-electron chi connectivity index (χ2n) is 8.03. The first kappa shape index (κ1) is 19.2. The molecule has 1 saturated heterocycles. The fourth-order valence-electron chi connectivity index (χ4n) is 4.17. The van der Waals surface area contributed by atoms with Crippen molar-refractivity contribution in [2.24, 2.45) is 0 Å². The van der Waals surface area contributed by atoms with Gasteiger partial charge in [-0.3, -0.25) is 9.88 Å². The molecule has 2 heterocycles. The molecule has 0 saturated carbocycles. The van der Waals surface area contributed by atoms with Gasteiger partial charge in [0, 0.05) is 31.9 Å². The monoisotopic (exact) mass is 380 g/mol. The summed E-state index contributed by atoms with van der Waals surface area (Å²) in [6, 6.07) is 8.84. The van der Waals surface area contributed by atoms with Crippen molar-refractivity contribution < 1.29 is 4.74 Å². The Hall–Kier alpha value is -2.14. The van der Waals surface area contributed by atoms with E-state index < -0.39 is 0 Å². The van der Waals surface area contributed by atoms with Crippen molar-refractivity contribution in [3.05, 3.63) is 47.4 Å². The van der Waals surface area contributed by atoms with Crippen molar-refractivity contribution in [3.63, 3.8) is 0 Å². The van der Waals surface area contributed by atoms with Crippen LogP contribution >= 0.6 is 0 Å². The van der Waals surface area contributed by atoms with E-state index in [1.165, 1.54) is 36.2 Å². The molecule has 0 N–H and O–H groups in total. The number of benzene rings is 1. The lowest BCUT2D eigenvalue weighted by atomic mass is 10.0. The maximum Gasteiger partial charge on any atom is 0.232 e. The molecule has 5 nitrogen and oxygen atoms in total. The molecule has 1 aromatic carbocycles. The third-order valence-corrected chi connectivity index (χ3v) is 5.84. The van der Waals surface area contributed by atoms with Gasteiger partial charge in [0.05, 0.1) is 24.2 Å². The first-order chi connectivity index (χ1) is 13.8. The summed E-state index contributed by atoms with van der Waals surface area (Å²) in [5, 5.41) is 0. The normalized spacial score (nSPS) is 17.4. The highest BCUT2D eigenvalue weighted by molar-refractivity contribution is 5.48. The lowest BCUT2D eigenvalue weighted by Gasteiger charge is -2.36. The number of hydrogen-bond acceptors (Lipinski definition) is 5. The van der Waals surface area contributed by atoms with Crippen molar-refractivity contribution in [2.45, 2.75) is 45.4 Å². The molecule has 0 spiro atoms. The van der Waals surface area contributed by atoms with E-state index in [-0.39, 0.29) is 0 Å². The van der Waals surface area contributed by atoms with Crippen LogP contribution in [0.3, 0.4) is 0 Å². The van der Waals surface area contributed by atoms with Crippen molar-refractivity contribution >= 4 is 5.69 Å². The molecule has 2 aliphatic rings. The zero-order valence-corrected chi connectivity index (χ0v) is 17.1. The average molecular weight is 381 g/mol. The zero-order chi connectivity index (χ0) is 19.2. The van der Waals surface area contributed by atoms with Gasteiger partial charge >= 0.3 is 0 Å². The number of nitrogens with zero attached hydrogens (tertiary/aromatic N) is 4. The van der Waals surface area contributed by atoms with E-state index >= 15 is 0 Å². The molecule has 1 aliphatic heterocycles. The Morgan fingerprint density at radius 1 is 1.00 bits per heavy atom. The van der Waals surface area contributed by atoms with Crippen molar-refractivity contribution in [1.82, 2.24) is 14.9 Å². The summed E-state index contributed by atoms with van der Waals surface area (Å²) in [5.41, 5.74) is 5.02. The van der Waals surface area contributed by atoms with Crippen LogP contribution in [0.5, 0.6) is 5.88 Å². The minimum Gasteiger partial charge on any atom is -0.477 e. The molecule has 4 rings (SSSR count). The molecule has 0 radical (unpaired) electrons. The predicted molar refractivity (Wildman–Crippen MR) is 113 cm³/mol. The molecular weight excluding hydrogens is 348 g/mol. The Morgan fingerprint density at radius 3 is 2.64 bits per heavy atom. The molecule has 1 aromatic heterocycles. The van der Waals surface area contributed by atoms with Crippen molar-refractivity contribution in [1.29, 1.82) is 0 Å². The van der Waals surface area contributed by atoms with E-state index in [2.05, 4.69) is 51.0 Å². The van der Waals surface area contributed by atoms with Crippen LogP contribution in [0.1, 0.15) is 42.6 Å². The van der Waals surface area contributed by atoms with Crippen LogP contribution in [0.2, 0.25) is 0 Å². The van der Waals surface area contributed by atoms with Crippen LogP contribution < -0.4 is 9.64 Å². The average Bonchev–Trinajstić information content (AvgIpc) is 2.74. The maximum absolute atomic E-state index is 5.85. The largest absolute Gasteiger partial charge is 0.477 e. The molecule has 0 atom stereocenters. The molecule has 0 unspecified atom stereocenters. The molecule has 5 heteroatoms. The first-order valence-corrected chi connectivity index (χ1v) is 10.8. The third-order valence-electron chi connectivity index (χ3n) is 5.84. The highest BCUT2D eigenvalue weighted by Gasteiger charge is 2.17. The number of piperazine rings is 1. The third kappa shape index (κ3) is 5.02. The van der Waals surface area contributed by atoms with E-state index in [1.807, 2.05) is 0 Å². The molecule has 1 fully saturated rings. The van der Waals surface area contributed by atoms with Crippen molar-refractivity contribution in [3.8, 4) is 5.88 Å². The number of anilines is 1. The van der Waals surface area contributed by atoms with Gasteiger partial charge in [-0.2, -0.15) is 0 Å². The zero-order valence-electron chi connectivity index (χ0n) is 17.1.